The van der Waals surface area contributed by atoms with Gasteiger partial charge < -0.3 is 24.3 Å². The Balaban J connectivity index is 1.31. The van der Waals surface area contributed by atoms with Crippen LogP contribution in [0.15, 0.2) is 37.7 Å². The largest absolute Gasteiger partial charge is 0.462 e. The average molecular weight is 667 g/mol. The smallest absolute Gasteiger partial charge is 0.421 e. The lowest BCUT2D eigenvalue weighted by Crippen LogP contribution is -2.56. The molecule has 6 rings (SSSR count). The Hall–Kier alpha value is -4.91. The minimum Gasteiger partial charge on any atom is -0.462 e. The molecule has 2 atom stereocenters. The number of piperazine rings is 1. The molecule has 3 aromatic heterocycles. The molecule has 2 saturated heterocycles. The standard InChI is InChI=1S/C32H34F4N10O2/c1-20(21-12-39-19-40-13-21)30(47)46-11-10-45(16-22(46)5-7-37)29-24-6-9-44(27-15-38-14-25(33)28(27)32(34,35)36)17-26(24)41-31(42-29)48-18-23-4-3-8-43(23)2/h12-15,19,22-23H,1,3-6,8-11,16-18H2,2H3/t22-,23-/m0/s1. The number of aromatic nitrogens is 5. The second kappa shape index (κ2) is 13.7. The molecule has 0 radical (unpaired) electrons. The van der Waals surface area contributed by atoms with Gasteiger partial charge in [0.2, 0.25) is 0 Å². The highest BCUT2D eigenvalue weighted by Gasteiger charge is 2.40. The summed E-state index contributed by atoms with van der Waals surface area (Å²) in [6.45, 7) is 6.17. The van der Waals surface area contributed by atoms with E-state index in [1.54, 1.807) is 4.90 Å². The van der Waals surface area contributed by atoms with Crippen LogP contribution in [0.25, 0.3) is 5.57 Å². The summed E-state index contributed by atoms with van der Waals surface area (Å²) in [5.41, 5.74) is 0.117. The van der Waals surface area contributed by atoms with E-state index in [1.165, 1.54) is 23.6 Å². The predicted molar refractivity (Wildman–Crippen MR) is 166 cm³/mol. The summed E-state index contributed by atoms with van der Waals surface area (Å²) in [6.07, 6.45) is 3.30. The van der Waals surface area contributed by atoms with Crippen molar-refractivity contribution >= 4 is 23.0 Å². The van der Waals surface area contributed by atoms with Gasteiger partial charge in [0.05, 0.1) is 48.9 Å². The van der Waals surface area contributed by atoms with E-state index in [4.69, 9.17) is 9.72 Å². The van der Waals surface area contributed by atoms with Crippen molar-refractivity contribution in [1.82, 2.24) is 34.7 Å². The van der Waals surface area contributed by atoms with E-state index >= 15 is 0 Å². The van der Waals surface area contributed by atoms with Gasteiger partial charge in [-0.2, -0.15) is 28.4 Å². The van der Waals surface area contributed by atoms with Crippen molar-refractivity contribution in [3.05, 3.63) is 65.9 Å². The number of carbonyl (C=O) groups excluding carboxylic acids is 1. The molecular weight excluding hydrogens is 632 g/mol. The number of likely N-dealkylation sites (N-methyl/N-ethyl adjacent to an activating group) is 1. The molecule has 0 aliphatic carbocycles. The van der Waals surface area contributed by atoms with Gasteiger partial charge in [-0.25, -0.2) is 14.4 Å². The van der Waals surface area contributed by atoms with Crippen LogP contribution in [0.5, 0.6) is 6.01 Å². The van der Waals surface area contributed by atoms with Gasteiger partial charge in [-0.1, -0.05) is 6.58 Å². The van der Waals surface area contributed by atoms with Gasteiger partial charge >= 0.3 is 12.2 Å². The number of alkyl halides is 3. The zero-order valence-electron chi connectivity index (χ0n) is 26.3. The van der Waals surface area contributed by atoms with Crippen molar-refractivity contribution < 1.29 is 27.1 Å². The summed E-state index contributed by atoms with van der Waals surface area (Å²) in [7, 11) is 2.01. The molecule has 3 aliphatic heterocycles. The van der Waals surface area contributed by atoms with Crippen LogP contribution in [0.4, 0.5) is 29.1 Å². The predicted octanol–water partition coefficient (Wildman–Crippen LogP) is 3.50. The van der Waals surface area contributed by atoms with Crippen molar-refractivity contribution in [2.24, 2.45) is 0 Å². The molecule has 0 N–H and O–H groups in total. The van der Waals surface area contributed by atoms with Crippen molar-refractivity contribution in [3.8, 4) is 12.1 Å². The maximum absolute atomic E-state index is 14.5. The number of hydrogen-bond donors (Lipinski definition) is 0. The second-order valence-corrected chi connectivity index (χ2v) is 12.1. The van der Waals surface area contributed by atoms with Gasteiger partial charge in [0, 0.05) is 61.3 Å². The molecule has 3 aliphatic rings. The van der Waals surface area contributed by atoms with E-state index in [9.17, 15) is 27.6 Å². The Bertz CT molecular complexity index is 1720. The van der Waals surface area contributed by atoms with Crippen molar-refractivity contribution in [1.29, 1.82) is 5.26 Å². The molecule has 16 heteroatoms. The zero-order chi connectivity index (χ0) is 34.0. The number of pyridine rings is 1. The van der Waals surface area contributed by atoms with E-state index in [0.717, 1.165) is 31.1 Å². The SMILES string of the molecule is C=C(C(=O)N1CCN(c2nc(OC[C@@H]3CCCN3C)nc3c2CCN(c2cncc(F)c2C(F)(F)F)C3)C[C@@H]1CC#N)c1cncnc1. The Morgan fingerprint density at radius 1 is 1.06 bits per heavy atom. The molecule has 0 unspecified atom stereocenters. The molecule has 2 fully saturated rings. The molecule has 0 bridgehead atoms. The van der Waals surface area contributed by atoms with Crippen LogP contribution in [0.2, 0.25) is 0 Å². The molecule has 0 aromatic carbocycles. The molecule has 0 saturated carbocycles. The fourth-order valence-electron chi connectivity index (χ4n) is 6.57. The highest BCUT2D eigenvalue weighted by atomic mass is 19.4. The van der Waals surface area contributed by atoms with Crippen molar-refractivity contribution in [2.75, 3.05) is 56.2 Å². The molecule has 6 heterocycles. The molecule has 1 amide bonds. The third-order valence-corrected chi connectivity index (χ3v) is 9.14. The monoisotopic (exact) mass is 666 g/mol. The normalized spacial score (nSPS) is 20.0. The topological polar surface area (TPSA) is 128 Å². The first kappa shape index (κ1) is 33.0. The summed E-state index contributed by atoms with van der Waals surface area (Å²) in [5.74, 6) is -1.25. The number of ether oxygens (including phenoxy) is 1. The average Bonchev–Trinajstić information content (AvgIpc) is 3.50. The van der Waals surface area contributed by atoms with Gasteiger partial charge in [0.15, 0.2) is 5.82 Å². The van der Waals surface area contributed by atoms with Crippen LogP contribution in [0.1, 0.15) is 41.6 Å². The zero-order valence-corrected chi connectivity index (χ0v) is 26.3. The van der Waals surface area contributed by atoms with Crippen LogP contribution in [0.3, 0.4) is 0 Å². The van der Waals surface area contributed by atoms with Crippen LogP contribution in [-0.4, -0.2) is 99.1 Å². The lowest BCUT2D eigenvalue weighted by atomic mass is 10.0. The van der Waals surface area contributed by atoms with Crippen molar-refractivity contribution in [2.45, 2.75) is 50.5 Å². The highest BCUT2D eigenvalue weighted by Crippen LogP contribution is 2.40. The summed E-state index contributed by atoms with van der Waals surface area (Å²) in [4.78, 5) is 41.8. The third-order valence-electron chi connectivity index (χ3n) is 9.14. The van der Waals surface area contributed by atoms with Gasteiger partial charge in [-0.05, 0) is 32.9 Å². The van der Waals surface area contributed by atoms with Crippen LogP contribution in [0, 0.1) is 17.1 Å². The van der Waals surface area contributed by atoms with E-state index in [2.05, 4.69) is 37.5 Å². The Kier molecular flexibility index (Phi) is 9.40. The van der Waals surface area contributed by atoms with E-state index in [-0.39, 0.29) is 68.2 Å². The Morgan fingerprint density at radius 3 is 2.56 bits per heavy atom. The van der Waals surface area contributed by atoms with Gasteiger partial charge in [0.1, 0.15) is 24.3 Å². The fraction of sp³-hybridized carbons (Fsp3) is 0.469. The van der Waals surface area contributed by atoms with E-state index < -0.39 is 23.6 Å². The van der Waals surface area contributed by atoms with Gasteiger partial charge in [-0.3, -0.25) is 9.78 Å². The van der Waals surface area contributed by atoms with Crippen molar-refractivity contribution in [3.63, 3.8) is 0 Å². The number of anilines is 2. The highest BCUT2D eigenvalue weighted by molar-refractivity contribution is 6.18. The quantitative estimate of drug-likeness (QED) is 0.259. The Morgan fingerprint density at radius 2 is 1.85 bits per heavy atom. The number of nitriles is 1. The van der Waals surface area contributed by atoms with E-state index in [1.807, 2.05) is 11.9 Å². The number of carbonyl (C=O) groups is 1. The number of rotatable bonds is 8. The van der Waals surface area contributed by atoms with Crippen LogP contribution >= 0.6 is 0 Å². The number of nitrogens with zero attached hydrogens (tertiary/aromatic N) is 10. The molecule has 48 heavy (non-hydrogen) atoms. The first-order valence-corrected chi connectivity index (χ1v) is 15.6. The summed E-state index contributed by atoms with van der Waals surface area (Å²) in [6, 6.07) is 1.91. The lowest BCUT2D eigenvalue weighted by molar-refractivity contribution is -0.139. The summed E-state index contributed by atoms with van der Waals surface area (Å²) in [5, 5.41) is 9.68. The molecule has 0 spiro atoms. The third kappa shape index (κ3) is 6.73. The Labute approximate surface area is 274 Å². The maximum atomic E-state index is 14.5. The van der Waals surface area contributed by atoms with E-state index in [0.29, 0.717) is 36.4 Å². The molecule has 252 valence electrons. The minimum atomic E-state index is -4.92. The molecule has 12 nitrogen and oxygen atoms in total. The molecule has 3 aromatic rings. The number of amides is 1. The number of hydrogen-bond acceptors (Lipinski definition) is 11. The number of halogens is 4. The van der Waals surface area contributed by atoms with Gasteiger partial charge in [0.25, 0.3) is 5.91 Å². The number of fused-ring (bicyclic) bond motifs is 1. The molecular formula is C32H34F4N10O2. The van der Waals surface area contributed by atoms with Gasteiger partial charge in [-0.15, -0.1) is 0 Å². The number of likely N-dealkylation sites (tertiary alicyclic amines) is 1. The second-order valence-electron chi connectivity index (χ2n) is 12.1. The first-order chi connectivity index (χ1) is 23.0. The minimum absolute atomic E-state index is 0.0476. The maximum Gasteiger partial charge on any atom is 0.421 e. The first-order valence-electron chi connectivity index (χ1n) is 15.6. The van der Waals surface area contributed by atoms with Crippen LogP contribution < -0.4 is 14.5 Å². The fourth-order valence-corrected chi connectivity index (χ4v) is 6.57. The summed E-state index contributed by atoms with van der Waals surface area (Å²) < 4.78 is 62.4. The van der Waals surface area contributed by atoms with Crippen LogP contribution in [-0.2, 0) is 23.9 Å². The lowest BCUT2D eigenvalue weighted by Gasteiger charge is -2.42. The summed E-state index contributed by atoms with van der Waals surface area (Å²) >= 11 is 0.